The van der Waals surface area contributed by atoms with Crippen LogP contribution in [-0.4, -0.2) is 60.1 Å². The smallest absolute Gasteiger partial charge is 0.397 e. The summed E-state index contributed by atoms with van der Waals surface area (Å²) >= 11 is 12.4. The Hall–Kier alpha value is -3.45. The number of amides is 1. The topological polar surface area (TPSA) is 136 Å². The van der Waals surface area contributed by atoms with E-state index in [1.54, 1.807) is 6.92 Å². The largest absolute Gasteiger partial charge is 0.482 e. The second kappa shape index (κ2) is 13.6. The highest BCUT2D eigenvalue weighted by Crippen LogP contribution is 2.37. The molecular formula is C23H24B2Cl2FN5O6. The van der Waals surface area contributed by atoms with Crippen LogP contribution >= 0.6 is 23.2 Å². The number of carbonyl (C=O) groups excluding carboxylic acids is 2. The van der Waals surface area contributed by atoms with E-state index in [9.17, 15) is 23.8 Å². The van der Waals surface area contributed by atoms with Crippen LogP contribution in [0, 0.1) is 5.82 Å². The molecule has 0 aliphatic heterocycles. The Kier molecular flexibility index (Phi) is 10.5. The maximum atomic E-state index is 14.1. The third kappa shape index (κ3) is 7.35. The average molecular weight is 578 g/mol. The van der Waals surface area contributed by atoms with E-state index in [-0.39, 0.29) is 52.4 Å². The third-order valence-corrected chi connectivity index (χ3v) is 6.25. The van der Waals surface area contributed by atoms with Crippen LogP contribution in [0.4, 0.5) is 15.9 Å². The van der Waals surface area contributed by atoms with Gasteiger partial charge in [-0.05, 0) is 31.9 Å². The van der Waals surface area contributed by atoms with Crippen molar-refractivity contribution in [3.8, 4) is 5.75 Å². The Morgan fingerprint density at radius 1 is 1.33 bits per heavy atom. The normalized spacial score (nSPS) is 11.5. The van der Waals surface area contributed by atoms with Crippen molar-refractivity contribution in [3.63, 3.8) is 0 Å². The average Bonchev–Trinajstić information content (AvgIpc) is 2.90. The SMILES string of the molecule is COCCn1cc(NC(=O)c2cc(OC(C)c3c(Cl)ccc(F)c3Cl)c(N(BC=O)B(C)O)nn2)ccc1=O. The summed E-state index contributed by atoms with van der Waals surface area (Å²) in [5.74, 6) is -1.52. The number of nitrogens with one attached hydrogen (secondary N) is 1. The molecule has 2 aromatic heterocycles. The molecule has 3 aromatic rings. The lowest BCUT2D eigenvalue weighted by molar-refractivity contribution is 0.102. The van der Waals surface area contributed by atoms with Gasteiger partial charge < -0.3 is 33.9 Å². The Morgan fingerprint density at radius 2 is 2.08 bits per heavy atom. The van der Waals surface area contributed by atoms with Crippen LogP contribution in [0.3, 0.4) is 0 Å². The first-order valence-corrected chi connectivity index (χ1v) is 12.4. The highest BCUT2D eigenvalue weighted by Gasteiger charge is 2.27. The fourth-order valence-electron chi connectivity index (χ4n) is 3.59. The third-order valence-electron chi connectivity index (χ3n) is 5.54. The maximum Gasteiger partial charge on any atom is 0.397 e. The molecule has 0 saturated heterocycles. The van der Waals surface area contributed by atoms with E-state index in [1.165, 1.54) is 53.7 Å². The van der Waals surface area contributed by atoms with Gasteiger partial charge in [-0.3, -0.25) is 9.59 Å². The summed E-state index contributed by atoms with van der Waals surface area (Å²) in [6.07, 6.45) is 1.05. The van der Waals surface area contributed by atoms with Crippen LogP contribution in [0.15, 0.2) is 41.3 Å². The Morgan fingerprint density at radius 3 is 2.74 bits per heavy atom. The molecule has 2 heterocycles. The predicted molar refractivity (Wildman–Crippen MR) is 148 cm³/mol. The number of ether oxygens (including phenoxy) is 2. The van der Waals surface area contributed by atoms with Crippen LogP contribution in [0.2, 0.25) is 16.9 Å². The van der Waals surface area contributed by atoms with E-state index in [0.717, 1.165) is 6.07 Å². The first kappa shape index (κ1) is 30.1. The molecule has 0 radical (unpaired) electrons. The Bertz CT molecular complexity index is 1410. The minimum Gasteiger partial charge on any atom is -0.482 e. The van der Waals surface area contributed by atoms with Crippen molar-refractivity contribution in [2.75, 3.05) is 23.8 Å². The van der Waals surface area contributed by atoms with Crippen LogP contribution in [0.5, 0.6) is 5.75 Å². The molecule has 2 N–H and O–H groups in total. The number of hydrogen-bond acceptors (Lipinski definition) is 9. The van der Waals surface area contributed by atoms with Crippen LogP contribution in [-0.2, 0) is 16.1 Å². The molecular weight excluding hydrogens is 554 g/mol. The van der Waals surface area contributed by atoms with Gasteiger partial charge in [-0.15, -0.1) is 10.2 Å². The van der Waals surface area contributed by atoms with Gasteiger partial charge in [0.2, 0.25) is 0 Å². The Balaban J connectivity index is 1.99. The van der Waals surface area contributed by atoms with Crippen LogP contribution < -0.4 is 20.3 Å². The molecule has 0 spiro atoms. The van der Waals surface area contributed by atoms with Gasteiger partial charge in [-0.2, -0.15) is 0 Å². The molecule has 204 valence electrons. The van der Waals surface area contributed by atoms with Crippen molar-refractivity contribution < 1.29 is 28.5 Å². The van der Waals surface area contributed by atoms with E-state index in [4.69, 9.17) is 32.7 Å². The molecule has 3 rings (SSSR count). The highest BCUT2D eigenvalue weighted by atomic mass is 35.5. The van der Waals surface area contributed by atoms with Gasteiger partial charge in [-0.1, -0.05) is 23.2 Å². The Labute approximate surface area is 234 Å². The fraction of sp³-hybridized carbons (Fsp3) is 0.261. The number of hydrogen-bond donors (Lipinski definition) is 2. The number of benzene rings is 1. The molecule has 1 atom stereocenters. The number of methoxy groups -OCH3 is 1. The summed E-state index contributed by atoms with van der Waals surface area (Å²) < 4.78 is 27.7. The summed E-state index contributed by atoms with van der Waals surface area (Å²) in [4.78, 5) is 36.3. The van der Waals surface area contributed by atoms with Gasteiger partial charge in [-0.25, -0.2) is 4.39 Å². The molecule has 1 unspecified atom stereocenters. The number of rotatable bonds is 12. The molecule has 0 saturated carbocycles. The number of pyridine rings is 1. The van der Waals surface area contributed by atoms with Gasteiger partial charge in [0.05, 0.1) is 17.3 Å². The van der Waals surface area contributed by atoms with Crippen molar-refractivity contribution in [2.45, 2.75) is 26.4 Å². The summed E-state index contributed by atoms with van der Waals surface area (Å²) in [6.45, 7) is 3.52. The number of halogens is 3. The number of carbonyl (C=O) groups is 2. The molecule has 0 aliphatic carbocycles. The van der Waals surface area contributed by atoms with Crippen molar-refractivity contribution in [1.82, 2.24) is 14.8 Å². The monoisotopic (exact) mass is 577 g/mol. The van der Waals surface area contributed by atoms with Gasteiger partial charge >= 0.3 is 14.5 Å². The van der Waals surface area contributed by atoms with E-state index in [0.29, 0.717) is 18.5 Å². The molecule has 16 heteroatoms. The number of aromatic nitrogens is 3. The first-order chi connectivity index (χ1) is 18.6. The lowest BCUT2D eigenvalue weighted by Crippen LogP contribution is -2.42. The number of nitrogens with zero attached hydrogens (tertiary/aromatic N) is 4. The minimum atomic E-state index is -1.18. The summed E-state index contributed by atoms with van der Waals surface area (Å²) in [7, 11) is 0.0488. The minimum absolute atomic E-state index is 0.0581. The molecule has 0 fully saturated rings. The molecule has 0 bridgehead atoms. The zero-order chi connectivity index (χ0) is 28.7. The van der Waals surface area contributed by atoms with E-state index in [2.05, 4.69) is 15.5 Å². The van der Waals surface area contributed by atoms with Crippen LogP contribution in [0.1, 0.15) is 29.1 Å². The second-order valence-electron chi connectivity index (χ2n) is 8.28. The zero-order valence-corrected chi connectivity index (χ0v) is 22.7. The molecule has 1 amide bonds. The van der Waals surface area contributed by atoms with Crippen molar-refractivity contribution in [1.29, 1.82) is 0 Å². The zero-order valence-electron chi connectivity index (χ0n) is 21.2. The second-order valence-corrected chi connectivity index (χ2v) is 9.07. The maximum absolute atomic E-state index is 14.1. The number of anilines is 2. The van der Waals surface area contributed by atoms with E-state index >= 15 is 0 Å². The summed E-state index contributed by atoms with van der Waals surface area (Å²) in [5.41, 5.74) is -0.0164. The van der Waals surface area contributed by atoms with Gasteiger partial charge in [0, 0.05) is 42.6 Å². The lowest BCUT2D eigenvalue weighted by Gasteiger charge is -2.26. The highest BCUT2D eigenvalue weighted by molar-refractivity contribution is 6.82. The summed E-state index contributed by atoms with van der Waals surface area (Å²) in [6, 6.07) is 6.40. The fourth-order valence-corrected chi connectivity index (χ4v) is 4.27. The van der Waals surface area contributed by atoms with Crippen molar-refractivity contribution in [3.05, 3.63) is 74.0 Å². The van der Waals surface area contributed by atoms with Gasteiger partial charge in [0.15, 0.2) is 17.3 Å². The predicted octanol–water partition coefficient (Wildman–Crippen LogP) is 2.58. The standard InChI is InChI=1S/C23H24B2Cl2FN5O6/c1-13(20-15(26)5-6-16(28)21(20)27)39-18-10-17(30-31-22(18)33(24-12-34)25(2)37)23(36)29-14-4-7-19(35)32(11-14)8-9-38-3/h4-7,10-13,24,37H,8-9H2,1-3H3,(H,29,36). The quantitative estimate of drug-likeness (QED) is 0.189. The molecule has 39 heavy (non-hydrogen) atoms. The molecule has 1 aromatic carbocycles. The van der Waals surface area contributed by atoms with Crippen LogP contribution in [0.25, 0.3) is 0 Å². The first-order valence-electron chi connectivity index (χ1n) is 11.6. The van der Waals surface area contributed by atoms with E-state index < -0.39 is 24.9 Å². The molecule has 11 nitrogen and oxygen atoms in total. The molecule has 0 aliphatic rings. The van der Waals surface area contributed by atoms with Crippen molar-refractivity contribution >= 4 is 61.3 Å². The van der Waals surface area contributed by atoms with Crippen molar-refractivity contribution in [2.24, 2.45) is 0 Å². The van der Waals surface area contributed by atoms with Gasteiger partial charge in [0.1, 0.15) is 18.1 Å². The van der Waals surface area contributed by atoms with Gasteiger partial charge in [0.25, 0.3) is 11.5 Å². The lowest BCUT2D eigenvalue weighted by atomic mass is 9.73. The summed E-state index contributed by atoms with van der Waals surface area (Å²) in [5, 5.41) is 20.7. The van der Waals surface area contributed by atoms with E-state index in [1.807, 2.05) is 0 Å².